The molecule has 35 heavy (non-hydrogen) atoms. The van der Waals surface area contributed by atoms with Crippen LogP contribution in [0.25, 0.3) is 22.2 Å². The number of aromatic nitrogens is 1. The van der Waals surface area contributed by atoms with Crippen LogP contribution >= 0.6 is 11.3 Å². The van der Waals surface area contributed by atoms with Crippen LogP contribution in [0.1, 0.15) is 38.1 Å². The SMILES string of the molecule is CCc1c(C)sc(NC(=O)c2cc(-c3ccccc3)nc3ccccc23)c1C(=O)N1CCOCC1. The van der Waals surface area contributed by atoms with E-state index in [1.807, 2.05) is 79.4 Å². The molecule has 1 aliphatic rings. The second-order valence-electron chi connectivity index (χ2n) is 8.49. The average Bonchev–Trinajstić information content (AvgIpc) is 3.22. The van der Waals surface area contributed by atoms with Gasteiger partial charge >= 0.3 is 0 Å². The zero-order valence-electron chi connectivity index (χ0n) is 19.8. The van der Waals surface area contributed by atoms with Crippen molar-refractivity contribution in [3.05, 3.63) is 82.2 Å². The molecule has 1 N–H and O–H groups in total. The molecule has 0 aliphatic carbocycles. The molecule has 7 heteroatoms. The summed E-state index contributed by atoms with van der Waals surface area (Å²) >= 11 is 1.46. The molecule has 0 atom stereocenters. The number of pyridine rings is 1. The Morgan fingerprint density at radius 2 is 1.77 bits per heavy atom. The van der Waals surface area contributed by atoms with Gasteiger partial charge in [0.15, 0.2) is 0 Å². The first-order valence-electron chi connectivity index (χ1n) is 11.8. The summed E-state index contributed by atoms with van der Waals surface area (Å²) in [6, 6.07) is 19.3. The largest absolute Gasteiger partial charge is 0.378 e. The molecule has 1 saturated heterocycles. The molecule has 4 aromatic rings. The lowest BCUT2D eigenvalue weighted by Gasteiger charge is -2.27. The lowest BCUT2D eigenvalue weighted by atomic mass is 10.0. The van der Waals surface area contributed by atoms with E-state index in [0.29, 0.717) is 42.4 Å². The number of carbonyl (C=O) groups is 2. The summed E-state index contributed by atoms with van der Waals surface area (Å²) in [7, 11) is 0. The summed E-state index contributed by atoms with van der Waals surface area (Å²) < 4.78 is 5.42. The molecule has 2 aromatic carbocycles. The van der Waals surface area contributed by atoms with Gasteiger partial charge in [0.1, 0.15) is 5.00 Å². The van der Waals surface area contributed by atoms with E-state index in [4.69, 9.17) is 9.72 Å². The summed E-state index contributed by atoms with van der Waals surface area (Å²) in [5.41, 5.74) is 4.55. The van der Waals surface area contributed by atoms with E-state index in [0.717, 1.165) is 39.0 Å². The van der Waals surface area contributed by atoms with Gasteiger partial charge in [-0.2, -0.15) is 0 Å². The number of hydrogen-bond donors (Lipinski definition) is 1. The summed E-state index contributed by atoms with van der Waals surface area (Å²) in [6.07, 6.45) is 0.722. The Balaban J connectivity index is 1.55. The van der Waals surface area contributed by atoms with Gasteiger partial charge in [0.05, 0.1) is 35.6 Å². The van der Waals surface area contributed by atoms with Gasteiger partial charge in [0, 0.05) is 28.9 Å². The third-order valence-electron chi connectivity index (χ3n) is 6.33. The maximum Gasteiger partial charge on any atom is 0.257 e. The van der Waals surface area contributed by atoms with Crippen molar-refractivity contribution in [3.63, 3.8) is 0 Å². The third kappa shape index (κ3) is 4.57. The van der Waals surface area contributed by atoms with E-state index in [-0.39, 0.29) is 11.8 Å². The second kappa shape index (κ2) is 9.98. The minimum atomic E-state index is -0.249. The van der Waals surface area contributed by atoms with Gasteiger partial charge in [0.25, 0.3) is 11.8 Å². The van der Waals surface area contributed by atoms with Crippen molar-refractivity contribution in [1.29, 1.82) is 0 Å². The van der Waals surface area contributed by atoms with Crippen molar-refractivity contribution >= 4 is 39.1 Å². The average molecular weight is 486 g/mol. The summed E-state index contributed by atoms with van der Waals surface area (Å²) in [5.74, 6) is -0.296. The molecular weight excluding hydrogens is 458 g/mol. The Hall–Kier alpha value is -3.55. The predicted octanol–water partition coefficient (Wildman–Crippen LogP) is 5.56. The quantitative estimate of drug-likeness (QED) is 0.402. The fraction of sp³-hybridized carbons (Fsp3) is 0.250. The standard InChI is InChI=1S/C28H27N3O3S/c1-3-20-18(2)35-27(25(20)28(33)31-13-15-34-16-14-31)30-26(32)22-17-24(19-9-5-4-6-10-19)29-23-12-8-7-11-21(22)23/h4-12,17H,3,13-16H2,1-2H3,(H,30,32). The molecule has 0 radical (unpaired) electrons. The maximum absolute atomic E-state index is 13.7. The van der Waals surface area contributed by atoms with Gasteiger partial charge in [-0.1, -0.05) is 55.5 Å². The highest BCUT2D eigenvalue weighted by Gasteiger charge is 2.28. The van der Waals surface area contributed by atoms with E-state index in [1.165, 1.54) is 11.3 Å². The number of morpholine rings is 1. The van der Waals surface area contributed by atoms with Crippen LogP contribution in [-0.4, -0.2) is 48.0 Å². The summed E-state index contributed by atoms with van der Waals surface area (Å²) in [6.45, 7) is 6.22. The molecule has 5 rings (SSSR count). The Labute approximate surface area is 208 Å². The van der Waals surface area contributed by atoms with Gasteiger partial charge in [0.2, 0.25) is 0 Å². The smallest absolute Gasteiger partial charge is 0.257 e. The summed E-state index contributed by atoms with van der Waals surface area (Å²) in [5, 5.41) is 4.46. The van der Waals surface area contributed by atoms with Crippen LogP contribution in [0.5, 0.6) is 0 Å². The highest BCUT2D eigenvalue weighted by atomic mass is 32.1. The first-order chi connectivity index (χ1) is 17.1. The highest BCUT2D eigenvalue weighted by molar-refractivity contribution is 7.16. The molecule has 0 bridgehead atoms. The van der Waals surface area contributed by atoms with E-state index >= 15 is 0 Å². The van der Waals surface area contributed by atoms with Crippen LogP contribution < -0.4 is 5.32 Å². The normalized spacial score (nSPS) is 13.7. The Morgan fingerprint density at radius 1 is 1.06 bits per heavy atom. The molecule has 2 amide bonds. The van der Waals surface area contributed by atoms with Gasteiger partial charge in [-0.15, -0.1) is 11.3 Å². The number of ether oxygens (including phenoxy) is 1. The molecule has 0 spiro atoms. The van der Waals surface area contributed by atoms with Crippen molar-refractivity contribution in [2.45, 2.75) is 20.3 Å². The maximum atomic E-state index is 13.7. The number of hydrogen-bond acceptors (Lipinski definition) is 5. The number of anilines is 1. The van der Waals surface area contributed by atoms with E-state index in [9.17, 15) is 9.59 Å². The number of amides is 2. The number of aryl methyl sites for hydroxylation is 1. The second-order valence-corrected chi connectivity index (χ2v) is 9.72. The number of rotatable bonds is 5. The number of benzene rings is 2. The lowest BCUT2D eigenvalue weighted by molar-refractivity contribution is 0.0303. The van der Waals surface area contributed by atoms with Gasteiger partial charge < -0.3 is 15.0 Å². The Bertz CT molecular complexity index is 1390. The van der Waals surface area contributed by atoms with E-state index < -0.39 is 0 Å². The first-order valence-corrected chi connectivity index (χ1v) is 12.6. The number of nitrogens with one attached hydrogen (secondary N) is 1. The molecule has 3 heterocycles. The fourth-order valence-electron chi connectivity index (χ4n) is 4.53. The van der Waals surface area contributed by atoms with Crippen LogP contribution in [0, 0.1) is 6.92 Å². The molecule has 2 aromatic heterocycles. The van der Waals surface area contributed by atoms with Crippen molar-refractivity contribution in [3.8, 4) is 11.3 Å². The number of fused-ring (bicyclic) bond motifs is 1. The number of thiophene rings is 1. The molecule has 1 fully saturated rings. The van der Waals surface area contributed by atoms with Crippen LogP contribution in [0.2, 0.25) is 0 Å². The van der Waals surface area contributed by atoms with Crippen LogP contribution in [0.3, 0.4) is 0 Å². The third-order valence-corrected chi connectivity index (χ3v) is 7.40. The zero-order chi connectivity index (χ0) is 24.4. The van der Waals surface area contributed by atoms with Gasteiger partial charge in [-0.05, 0) is 31.0 Å². The van der Waals surface area contributed by atoms with Crippen molar-refractivity contribution < 1.29 is 14.3 Å². The molecule has 0 saturated carbocycles. The Kier molecular flexibility index (Phi) is 6.61. The number of nitrogens with zero attached hydrogens (tertiary/aromatic N) is 2. The van der Waals surface area contributed by atoms with Crippen LogP contribution in [-0.2, 0) is 11.2 Å². The van der Waals surface area contributed by atoms with E-state index in [1.54, 1.807) is 0 Å². The number of carbonyl (C=O) groups excluding carboxylic acids is 2. The zero-order valence-corrected chi connectivity index (χ0v) is 20.7. The lowest BCUT2D eigenvalue weighted by Crippen LogP contribution is -2.41. The topological polar surface area (TPSA) is 71.5 Å². The molecule has 178 valence electrons. The minimum Gasteiger partial charge on any atom is -0.378 e. The fourth-order valence-corrected chi connectivity index (χ4v) is 5.67. The van der Waals surface area contributed by atoms with Crippen molar-refractivity contribution in [1.82, 2.24) is 9.88 Å². The molecular formula is C28H27N3O3S. The van der Waals surface area contributed by atoms with E-state index in [2.05, 4.69) is 5.32 Å². The van der Waals surface area contributed by atoms with Gasteiger partial charge in [-0.25, -0.2) is 4.98 Å². The Morgan fingerprint density at radius 3 is 2.51 bits per heavy atom. The highest BCUT2D eigenvalue weighted by Crippen LogP contribution is 2.35. The monoisotopic (exact) mass is 485 g/mol. The van der Waals surface area contributed by atoms with Crippen molar-refractivity contribution in [2.75, 3.05) is 31.6 Å². The summed E-state index contributed by atoms with van der Waals surface area (Å²) in [4.78, 5) is 34.8. The predicted molar refractivity (Wildman–Crippen MR) is 140 cm³/mol. The van der Waals surface area contributed by atoms with Crippen molar-refractivity contribution in [2.24, 2.45) is 0 Å². The molecule has 0 unspecified atom stereocenters. The van der Waals surface area contributed by atoms with Gasteiger partial charge in [-0.3, -0.25) is 9.59 Å². The van der Waals surface area contributed by atoms with Crippen LogP contribution in [0.15, 0.2) is 60.7 Å². The van der Waals surface area contributed by atoms with Crippen LogP contribution in [0.4, 0.5) is 5.00 Å². The number of para-hydroxylation sites is 1. The molecule has 1 aliphatic heterocycles. The first kappa shape index (κ1) is 23.2. The minimum absolute atomic E-state index is 0.0469. The molecule has 6 nitrogen and oxygen atoms in total.